The number of benzene rings is 1. The Morgan fingerprint density at radius 2 is 2.14 bits per heavy atom. The van der Waals surface area contributed by atoms with E-state index in [1.807, 2.05) is 43.3 Å². The van der Waals surface area contributed by atoms with Crippen molar-refractivity contribution >= 4 is 23.4 Å². The average Bonchev–Trinajstić information content (AvgIpc) is 3.37. The number of aliphatic hydroxyl groups excluding tert-OH is 1. The summed E-state index contributed by atoms with van der Waals surface area (Å²) in [6.07, 6.45) is 7.03. The molecule has 0 spiro atoms. The standard InChI is InChI=1S/C22H29N3O3S/c1-24(2)15-8-9-16(21-23-18-6-5-7-19(26)20(18)29-21)17(14-15)22(27)28-13-12-25-10-3-4-11-25/h5,7-9,14,18,21,23,26H,3-4,6,10-13H2,1-2H3. The highest BCUT2D eigenvalue weighted by Gasteiger charge is 2.35. The van der Waals surface area contributed by atoms with E-state index in [1.54, 1.807) is 17.8 Å². The molecule has 2 saturated heterocycles. The summed E-state index contributed by atoms with van der Waals surface area (Å²) in [7, 11) is 3.92. The fraction of sp³-hybridized carbons (Fsp3) is 0.500. The number of rotatable bonds is 6. The van der Waals surface area contributed by atoms with Gasteiger partial charge in [0, 0.05) is 37.3 Å². The molecule has 0 amide bonds. The van der Waals surface area contributed by atoms with Crippen LogP contribution in [0.4, 0.5) is 5.69 Å². The van der Waals surface area contributed by atoms with Gasteiger partial charge in [0.25, 0.3) is 0 Å². The molecule has 2 aliphatic heterocycles. The molecule has 29 heavy (non-hydrogen) atoms. The molecule has 2 heterocycles. The molecule has 0 saturated carbocycles. The Morgan fingerprint density at radius 3 is 2.86 bits per heavy atom. The number of carbonyl (C=O) groups excluding carboxylic acids is 1. The Balaban J connectivity index is 1.52. The molecule has 2 atom stereocenters. The van der Waals surface area contributed by atoms with Crippen LogP contribution in [-0.4, -0.2) is 62.4 Å². The molecule has 0 radical (unpaired) electrons. The van der Waals surface area contributed by atoms with Gasteiger partial charge in [-0.2, -0.15) is 0 Å². The van der Waals surface area contributed by atoms with Crippen LogP contribution in [0.3, 0.4) is 0 Å². The highest BCUT2D eigenvalue weighted by Crippen LogP contribution is 2.46. The zero-order valence-corrected chi connectivity index (χ0v) is 17.9. The van der Waals surface area contributed by atoms with E-state index in [0.29, 0.717) is 17.9 Å². The number of likely N-dealkylation sites (tertiary alicyclic amines) is 1. The Morgan fingerprint density at radius 1 is 1.34 bits per heavy atom. The Hall–Kier alpha value is -1.96. The molecular formula is C22H29N3O3S. The van der Waals surface area contributed by atoms with Crippen molar-refractivity contribution in [1.29, 1.82) is 0 Å². The van der Waals surface area contributed by atoms with Crippen LogP contribution in [-0.2, 0) is 4.74 Å². The highest BCUT2D eigenvalue weighted by atomic mass is 32.2. The van der Waals surface area contributed by atoms with Gasteiger partial charge in [0.1, 0.15) is 12.4 Å². The number of thioether (sulfide) groups is 1. The van der Waals surface area contributed by atoms with E-state index in [2.05, 4.69) is 10.2 Å². The van der Waals surface area contributed by atoms with E-state index < -0.39 is 0 Å². The third-order valence-electron chi connectivity index (χ3n) is 5.71. The van der Waals surface area contributed by atoms with Crippen molar-refractivity contribution < 1.29 is 14.6 Å². The molecule has 2 fully saturated rings. The summed E-state index contributed by atoms with van der Waals surface area (Å²) >= 11 is 1.58. The third kappa shape index (κ3) is 4.47. The van der Waals surface area contributed by atoms with Crippen LogP contribution in [0.5, 0.6) is 0 Å². The second-order valence-corrected chi connectivity index (χ2v) is 9.10. The number of nitrogens with one attached hydrogen (secondary N) is 1. The summed E-state index contributed by atoms with van der Waals surface area (Å²) < 4.78 is 5.65. The molecule has 1 aliphatic carbocycles. The summed E-state index contributed by atoms with van der Waals surface area (Å²) in [4.78, 5) is 18.2. The maximum atomic E-state index is 13.0. The lowest BCUT2D eigenvalue weighted by atomic mass is 10.0. The molecule has 2 N–H and O–H groups in total. The van der Waals surface area contributed by atoms with Crippen molar-refractivity contribution in [1.82, 2.24) is 10.2 Å². The van der Waals surface area contributed by atoms with Gasteiger partial charge in [-0.25, -0.2) is 4.79 Å². The minimum atomic E-state index is -0.281. The lowest BCUT2D eigenvalue weighted by molar-refractivity contribution is 0.0471. The second-order valence-electron chi connectivity index (χ2n) is 7.96. The first-order chi connectivity index (χ1) is 14.0. The Bertz CT molecular complexity index is 831. The van der Waals surface area contributed by atoms with E-state index in [-0.39, 0.29) is 17.4 Å². The molecule has 156 valence electrons. The Kier molecular flexibility index (Phi) is 6.18. The van der Waals surface area contributed by atoms with E-state index in [4.69, 9.17) is 4.74 Å². The van der Waals surface area contributed by atoms with Crippen molar-refractivity contribution in [3.8, 4) is 0 Å². The van der Waals surface area contributed by atoms with E-state index in [1.165, 1.54) is 12.8 Å². The summed E-state index contributed by atoms with van der Waals surface area (Å²) in [5.74, 6) is 0.0393. The van der Waals surface area contributed by atoms with Crippen molar-refractivity contribution in [3.05, 3.63) is 52.1 Å². The van der Waals surface area contributed by atoms with Gasteiger partial charge in [0.05, 0.1) is 10.9 Å². The minimum absolute atomic E-state index is 0.0885. The van der Waals surface area contributed by atoms with Crippen LogP contribution >= 0.6 is 11.8 Å². The number of hydrogen-bond donors (Lipinski definition) is 2. The minimum Gasteiger partial charge on any atom is -0.507 e. The van der Waals surface area contributed by atoms with Gasteiger partial charge in [0.15, 0.2) is 0 Å². The van der Waals surface area contributed by atoms with Crippen LogP contribution in [0.1, 0.15) is 40.6 Å². The number of anilines is 1. The van der Waals surface area contributed by atoms with Gasteiger partial charge in [-0.15, -0.1) is 11.8 Å². The molecule has 3 aliphatic rings. The number of ether oxygens (including phenoxy) is 1. The molecular weight excluding hydrogens is 386 g/mol. The quantitative estimate of drug-likeness (QED) is 0.690. The second kappa shape index (κ2) is 8.81. The lowest BCUT2D eigenvalue weighted by Crippen LogP contribution is -2.28. The lowest BCUT2D eigenvalue weighted by Gasteiger charge is -2.20. The predicted molar refractivity (Wildman–Crippen MR) is 117 cm³/mol. The van der Waals surface area contributed by atoms with Gasteiger partial charge in [-0.3, -0.25) is 10.2 Å². The van der Waals surface area contributed by atoms with Gasteiger partial charge in [-0.05, 0) is 56.1 Å². The van der Waals surface area contributed by atoms with Gasteiger partial charge in [0.2, 0.25) is 0 Å². The molecule has 7 heteroatoms. The first-order valence-corrected chi connectivity index (χ1v) is 11.1. The maximum absolute atomic E-state index is 13.0. The van der Waals surface area contributed by atoms with E-state index in [9.17, 15) is 9.90 Å². The molecule has 1 aromatic carbocycles. The first-order valence-electron chi connectivity index (χ1n) is 10.3. The number of fused-ring (bicyclic) bond motifs is 1. The number of nitrogens with zero attached hydrogens (tertiary/aromatic N) is 2. The van der Waals surface area contributed by atoms with Crippen LogP contribution in [0.25, 0.3) is 0 Å². The number of esters is 1. The number of carbonyl (C=O) groups is 1. The molecule has 1 aromatic rings. The SMILES string of the molecule is CN(C)c1ccc(C2NC3CC=CC(O)=C3S2)c(C(=O)OCCN2CCCC2)c1. The number of aliphatic hydroxyl groups is 1. The molecule has 0 aromatic heterocycles. The van der Waals surface area contributed by atoms with E-state index in [0.717, 1.165) is 42.2 Å². The fourth-order valence-electron chi connectivity index (χ4n) is 4.05. The largest absolute Gasteiger partial charge is 0.507 e. The summed E-state index contributed by atoms with van der Waals surface area (Å²) in [6.45, 7) is 3.39. The van der Waals surface area contributed by atoms with Crippen LogP contribution in [0.15, 0.2) is 41.0 Å². The van der Waals surface area contributed by atoms with Crippen molar-refractivity contribution in [2.45, 2.75) is 30.7 Å². The number of hydrogen-bond acceptors (Lipinski definition) is 7. The average molecular weight is 416 g/mol. The van der Waals surface area contributed by atoms with Gasteiger partial charge >= 0.3 is 5.97 Å². The Labute approximate surface area is 176 Å². The normalized spacial score (nSPS) is 24.1. The van der Waals surface area contributed by atoms with Gasteiger partial charge in [-0.1, -0.05) is 12.1 Å². The van der Waals surface area contributed by atoms with Crippen molar-refractivity contribution in [2.75, 3.05) is 45.2 Å². The zero-order chi connectivity index (χ0) is 20.4. The van der Waals surface area contributed by atoms with Crippen LogP contribution in [0.2, 0.25) is 0 Å². The van der Waals surface area contributed by atoms with Crippen molar-refractivity contribution in [2.24, 2.45) is 0 Å². The molecule has 0 bridgehead atoms. The summed E-state index contributed by atoms with van der Waals surface area (Å²) in [5.41, 5.74) is 2.46. The monoisotopic (exact) mass is 415 g/mol. The summed E-state index contributed by atoms with van der Waals surface area (Å²) in [6, 6.07) is 6.03. The first kappa shape index (κ1) is 20.3. The van der Waals surface area contributed by atoms with Gasteiger partial charge < -0.3 is 14.7 Å². The topological polar surface area (TPSA) is 65.0 Å². The molecule has 6 nitrogen and oxygen atoms in total. The number of allylic oxidation sites excluding steroid dienone is 1. The highest BCUT2D eigenvalue weighted by molar-refractivity contribution is 8.03. The molecule has 2 unspecified atom stereocenters. The summed E-state index contributed by atoms with van der Waals surface area (Å²) in [5, 5.41) is 13.6. The van der Waals surface area contributed by atoms with Crippen LogP contribution < -0.4 is 10.2 Å². The van der Waals surface area contributed by atoms with E-state index >= 15 is 0 Å². The third-order valence-corrected chi connectivity index (χ3v) is 7.08. The maximum Gasteiger partial charge on any atom is 0.338 e. The zero-order valence-electron chi connectivity index (χ0n) is 17.1. The van der Waals surface area contributed by atoms with Crippen molar-refractivity contribution in [3.63, 3.8) is 0 Å². The molecule has 4 rings (SSSR count). The predicted octanol–water partition coefficient (Wildman–Crippen LogP) is 3.44. The smallest absolute Gasteiger partial charge is 0.338 e. The fourth-order valence-corrected chi connectivity index (χ4v) is 5.38. The van der Waals surface area contributed by atoms with Crippen LogP contribution in [0, 0.1) is 0 Å².